The molecule has 0 saturated carbocycles. The minimum Gasteiger partial charge on any atom is -0.378 e. The van der Waals surface area contributed by atoms with Crippen LogP contribution in [-0.2, 0) is 4.74 Å². The van der Waals surface area contributed by atoms with Crippen LogP contribution < -0.4 is 4.90 Å². The number of hydrogen-bond acceptors (Lipinski definition) is 6. The zero-order valence-electron chi connectivity index (χ0n) is 19.5. The molecule has 1 saturated heterocycles. The van der Waals surface area contributed by atoms with Gasteiger partial charge in [-0.2, -0.15) is 0 Å². The third-order valence-electron chi connectivity index (χ3n) is 6.33. The number of aromatic nitrogens is 4. The molecule has 6 rings (SSSR count). The van der Waals surface area contributed by atoms with Gasteiger partial charge in [0.15, 0.2) is 17.3 Å². The van der Waals surface area contributed by atoms with Crippen LogP contribution in [0.4, 0.5) is 14.6 Å². The summed E-state index contributed by atoms with van der Waals surface area (Å²) in [6.45, 7) is 2.21. The second-order valence-electron chi connectivity index (χ2n) is 8.61. The summed E-state index contributed by atoms with van der Waals surface area (Å²) in [4.78, 5) is 19.5. The monoisotopic (exact) mass is 515 g/mol. The van der Waals surface area contributed by atoms with Gasteiger partial charge in [-0.3, -0.25) is 4.98 Å². The molecule has 9 heteroatoms. The van der Waals surface area contributed by atoms with E-state index in [0.717, 1.165) is 10.9 Å². The van der Waals surface area contributed by atoms with Crippen molar-refractivity contribution in [3.05, 3.63) is 90.0 Å². The summed E-state index contributed by atoms with van der Waals surface area (Å²) >= 11 is 6.14. The molecule has 5 heterocycles. The third-order valence-corrected chi connectivity index (χ3v) is 6.57. The molecule has 37 heavy (non-hydrogen) atoms. The number of pyridine rings is 4. The van der Waals surface area contributed by atoms with Crippen LogP contribution in [0, 0.1) is 11.6 Å². The van der Waals surface area contributed by atoms with Crippen LogP contribution in [-0.4, -0.2) is 46.2 Å². The number of fused-ring (bicyclic) bond motifs is 1. The van der Waals surface area contributed by atoms with Gasteiger partial charge in [0.25, 0.3) is 0 Å². The largest absolute Gasteiger partial charge is 0.378 e. The third kappa shape index (κ3) is 4.50. The molecular formula is C28H20ClF2N5O. The molecule has 0 N–H and O–H groups in total. The molecule has 0 atom stereocenters. The smallest absolute Gasteiger partial charge is 0.173 e. The first kappa shape index (κ1) is 23.4. The van der Waals surface area contributed by atoms with Gasteiger partial charge in [0, 0.05) is 70.5 Å². The maximum absolute atomic E-state index is 15.7. The van der Waals surface area contributed by atoms with Gasteiger partial charge in [-0.25, -0.2) is 23.7 Å². The van der Waals surface area contributed by atoms with E-state index in [1.807, 2.05) is 23.1 Å². The Morgan fingerprint density at radius 1 is 0.838 bits per heavy atom. The number of halogens is 3. The van der Waals surface area contributed by atoms with E-state index >= 15 is 4.39 Å². The number of rotatable bonds is 4. The predicted octanol–water partition coefficient (Wildman–Crippen LogP) is 6.19. The summed E-state index contributed by atoms with van der Waals surface area (Å²) in [6, 6.07) is 13.3. The van der Waals surface area contributed by atoms with Gasteiger partial charge in [0.2, 0.25) is 0 Å². The Bertz CT molecular complexity index is 1620. The first-order valence-corrected chi connectivity index (χ1v) is 12.1. The van der Waals surface area contributed by atoms with Gasteiger partial charge in [0.1, 0.15) is 5.82 Å². The molecule has 5 aromatic rings. The van der Waals surface area contributed by atoms with E-state index in [2.05, 4.69) is 19.9 Å². The average Bonchev–Trinajstić information content (AvgIpc) is 2.94. The molecule has 1 aliphatic heterocycles. The number of ether oxygens (including phenoxy) is 1. The standard InChI is InChI=1S/C28H20ClF2N5O/c29-19-3-4-24(30)23(13-19)25-14-22(21-2-1-6-33-27(21)35-25)18-12-17(15-32-16-18)20-5-7-34-28(26(20)31)36-8-10-37-11-9-36/h1-7,12-16H,8-11H2. The van der Waals surface area contributed by atoms with Crippen molar-refractivity contribution < 1.29 is 13.5 Å². The first-order valence-electron chi connectivity index (χ1n) is 11.7. The predicted molar refractivity (Wildman–Crippen MR) is 139 cm³/mol. The zero-order valence-corrected chi connectivity index (χ0v) is 20.3. The second-order valence-corrected chi connectivity index (χ2v) is 9.05. The van der Waals surface area contributed by atoms with Crippen molar-refractivity contribution in [2.75, 3.05) is 31.2 Å². The Kier molecular flexibility index (Phi) is 6.20. The van der Waals surface area contributed by atoms with Crippen LogP contribution in [0.2, 0.25) is 5.02 Å². The molecule has 0 bridgehead atoms. The highest BCUT2D eigenvalue weighted by Gasteiger charge is 2.20. The zero-order chi connectivity index (χ0) is 25.4. The van der Waals surface area contributed by atoms with Crippen LogP contribution in [0.3, 0.4) is 0 Å². The molecular weight excluding hydrogens is 496 g/mol. The molecule has 1 aromatic carbocycles. The lowest BCUT2D eigenvalue weighted by molar-refractivity contribution is 0.122. The van der Waals surface area contributed by atoms with Crippen molar-refractivity contribution in [2.24, 2.45) is 0 Å². The lowest BCUT2D eigenvalue weighted by Crippen LogP contribution is -2.37. The Balaban J connectivity index is 1.49. The van der Waals surface area contributed by atoms with Crippen molar-refractivity contribution in [1.82, 2.24) is 19.9 Å². The Labute approximate surface area is 216 Å². The molecule has 0 aliphatic carbocycles. The summed E-state index contributed by atoms with van der Waals surface area (Å²) in [5.41, 5.74) is 3.54. The van der Waals surface area contributed by atoms with E-state index in [1.165, 1.54) is 18.2 Å². The van der Waals surface area contributed by atoms with Crippen LogP contribution in [0.5, 0.6) is 0 Å². The second kappa shape index (κ2) is 9.80. The fourth-order valence-corrected chi connectivity index (χ4v) is 4.69. The number of anilines is 1. The molecule has 6 nitrogen and oxygen atoms in total. The van der Waals surface area contributed by atoms with Gasteiger partial charge in [0.05, 0.1) is 18.9 Å². The quantitative estimate of drug-likeness (QED) is 0.284. The van der Waals surface area contributed by atoms with Crippen molar-refractivity contribution in [1.29, 1.82) is 0 Å². The average molecular weight is 516 g/mol. The molecule has 4 aromatic heterocycles. The molecule has 1 aliphatic rings. The van der Waals surface area contributed by atoms with E-state index in [4.69, 9.17) is 16.3 Å². The highest BCUT2D eigenvalue weighted by molar-refractivity contribution is 6.30. The number of hydrogen-bond donors (Lipinski definition) is 0. The van der Waals surface area contributed by atoms with Gasteiger partial charge < -0.3 is 9.64 Å². The summed E-state index contributed by atoms with van der Waals surface area (Å²) < 4.78 is 35.8. The molecule has 184 valence electrons. The fraction of sp³-hybridized carbons (Fsp3) is 0.143. The van der Waals surface area contributed by atoms with Crippen LogP contribution in [0.1, 0.15) is 0 Å². The maximum atomic E-state index is 15.7. The SMILES string of the molecule is Fc1ccc(Cl)cc1-c1cc(-c2cncc(-c3ccnc(N4CCOCC4)c3F)c2)c2cccnc2n1. The Morgan fingerprint density at radius 2 is 1.65 bits per heavy atom. The summed E-state index contributed by atoms with van der Waals surface area (Å²) in [5.74, 6) is -0.561. The van der Waals surface area contributed by atoms with Crippen molar-refractivity contribution in [3.8, 4) is 33.5 Å². The minimum atomic E-state index is -0.445. The van der Waals surface area contributed by atoms with Crippen molar-refractivity contribution >= 4 is 28.5 Å². The number of benzene rings is 1. The van der Waals surface area contributed by atoms with E-state index in [-0.39, 0.29) is 5.56 Å². The van der Waals surface area contributed by atoms with E-state index in [9.17, 15) is 4.39 Å². The van der Waals surface area contributed by atoms with E-state index in [0.29, 0.717) is 65.2 Å². The summed E-state index contributed by atoms with van der Waals surface area (Å²) in [5, 5.41) is 1.16. The number of morpholine rings is 1. The maximum Gasteiger partial charge on any atom is 0.173 e. The molecule has 1 fully saturated rings. The topological polar surface area (TPSA) is 64.0 Å². The van der Waals surface area contributed by atoms with Gasteiger partial charge in [-0.05, 0) is 54.1 Å². The fourth-order valence-electron chi connectivity index (χ4n) is 4.51. The molecule has 0 spiro atoms. The van der Waals surface area contributed by atoms with Crippen molar-refractivity contribution in [3.63, 3.8) is 0 Å². The van der Waals surface area contributed by atoms with Gasteiger partial charge in [-0.1, -0.05) is 11.6 Å². The first-order chi connectivity index (χ1) is 18.1. The summed E-state index contributed by atoms with van der Waals surface area (Å²) in [6.07, 6.45) is 6.53. The lowest BCUT2D eigenvalue weighted by atomic mass is 9.98. The lowest BCUT2D eigenvalue weighted by Gasteiger charge is -2.28. The molecule has 0 amide bonds. The molecule has 0 radical (unpaired) electrons. The van der Waals surface area contributed by atoms with Crippen molar-refractivity contribution in [2.45, 2.75) is 0 Å². The number of nitrogens with zero attached hydrogens (tertiary/aromatic N) is 5. The van der Waals surface area contributed by atoms with E-state index in [1.54, 1.807) is 36.9 Å². The Morgan fingerprint density at radius 3 is 2.49 bits per heavy atom. The van der Waals surface area contributed by atoms with Crippen LogP contribution in [0.25, 0.3) is 44.5 Å². The molecule has 0 unspecified atom stereocenters. The van der Waals surface area contributed by atoms with Gasteiger partial charge in [-0.15, -0.1) is 0 Å². The van der Waals surface area contributed by atoms with Crippen LogP contribution in [0.15, 0.2) is 73.3 Å². The highest BCUT2D eigenvalue weighted by atomic mass is 35.5. The summed E-state index contributed by atoms with van der Waals surface area (Å²) in [7, 11) is 0. The highest BCUT2D eigenvalue weighted by Crippen LogP contribution is 2.35. The van der Waals surface area contributed by atoms with E-state index < -0.39 is 11.6 Å². The van der Waals surface area contributed by atoms with Gasteiger partial charge >= 0.3 is 0 Å². The normalized spacial score (nSPS) is 13.8. The Hall–Kier alpha value is -4.01. The van der Waals surface area contributed by atoms with Crippen LogP contribution >= 0.6 is 11.6 Å². The minimum absolute atomic E-state index is 0.265.